The summed E-state index contributed by atoms with van der Waals surface area (Å²) in [5, 5.41) is 7.94. The summed E-state index contributed by atoms with van der Waals surface area (Å²) in [6.07, 6.45) is -0.221. The Kier molecular flexibility index (Phi) is 5.25. The molecule has 3 rings (SSSR count). The van der Waals surface area contributed by atoms with Crippen LogP contribution in [0.4, 0.5) is 11.4 Å². The maximum absolute atomic E-state index is 12.4. The van der Waals surface area contributed by atoms with Crippen molar-refractivity contribution in [2.24, 2.45) is 0 Å². The summed E-state index contributed by atoms with van der Waals surface area (Å²) < 4.78 is 10.4. The molecule has 27 heavy (non-hydrogen) atoms. The zero-order chi connectivity index (χ0) is 19.4. The number of carbonyl (C=O) groups excluding carboxylic acids is 3. The first-order chi connectivity index (χ1) is 13.0. The number of ether oxygens (including phenoxy) is 2. The van der Waals surface area contributed by atoms with Crippen LogP contribution in [0.15, 0.2) is 42.5 Å². The van der Waals surface area contributed by atoms with Gasteiger partial charge in [-0.15, -0.1) is 0 Å². The van der Waals surface area contributed by atoms with Crippen LogP contribution >= 0.6 is 0 Å². The van der Waals surface area contributed by atoms with E-state index in [-0.39, 0.29) is 6.42 Å². The van der Waals surface area contributed by atoms with Gasteiger partial charge in [-0.25, -0.2) is 0 Å². The number of carbonyl (C=O) groups is 3. The molecule has 1 atom stereocenters. The number of anilines is 2. The smallest absolute Gasteiger partial charge is 0.254 e. The van der Waals surface area contributed by atoms with Gasteiger partial charge in [0.2, 0.25) is 11.8 Å². The zero-order valence-corrected chi connectivity index (χ0v) is 14.9. The van der Waals surface area contributed by atoms with Crippen LogP contribution in [0.1, 0.15) is 16.8 Å². The Balaban J connectivity index is 1.71. The molecule has 0 fully saturated rings. The highest BCUT2D eigenvalue weighted by Gasteiger charge is 2.29. The quantitative estimate of drug-likeness (QED) is 0.745. The van der Waals surface area contributed by atoms with E-state index in [0.29, 0.717) is 28.4 Å². The highest BCUT2D eigenvalue weighted by Crippen LogP contribution is 2.29. The zero-order valence-electron chi connectivity index (χ0n) is 14.9. The van der Waals surface area contributed by atoms with Crippen molar-refractivity contribution in [3.63, 3.8) is 0 Å². The van der Waals surface area contributed by atoms with Crippen molar-refractivity contribution < 1.29 is 23.9 Å². The van der Waals surface area contributed by atoms with Gasteiger partial charge >= 0.3 is 0 Å². The lowest BCUT2D eigenvalue weighted by atomic mass is 10.1. The van der Waals surface area contributed by atoms with Gasteiger partial charge in [-0.1, -0.05) is 12.1 Å². The number of hydrogen-bond acceptors (Lipinski definition) is 5. The lowest BCUT2D eigenvalue weighted by Gasteiger charge is -2.16. The fraction of sp³-hybridized carbons (Fsp3) is 0.211. The molecule has 3 N–H and O–H groups in total. The number of amides is 3. The highest BCUT2D eigenvalue weighted by atomic mass is 16.5. The lowest BCUT2D eigenvalue weighted by molar-refractivity contribution is -0.122. The third-order valence-electron chi connectivity index (χ3n) is 4.12. The Morgan fingerprint density at radius 3 is 2.63 bits per heavy atom. The molecule has 0 aliphatic carbocycles. The third-order valence-corrected chi connectivity index (χ3v) is 4.12. The van der Waals surface area contributed by atoms with Gasteiger partial charge in [0, 0.05) is 6.07 Å². The molecule has 2 aromatic carbocycles. The van der Waals surface area contributed by atoms with E-state index in [1.54, 1.807) is 42.5 Å². The lowest BCUT2D eigenvalue weighted by Crippen LogP contribution is -2.43. The Morgan fingerprint density at radius 2 is 1.89 bits per heavy atom. The second kappa shape index (κ2) is 7.77. The van der Waals surface area contributed by atoms with Crippen LogP contribution in [0.25, 0.3) is 0 Å². The van der Waals surface area contributed by atoms with Gasteiger partial charge in [-0.2, -0.15) is 0 Å². The fourth-order valence-corrected chi connectivity index (χ4v) is 2.74. The molecule has 8 nitrogen and oxygen atoms in total. The van der Waals surface area contributed by atoms with Crippen LogP contribution in [-0.4, -0.2) is 38.0 Å². The number of hydrogen-bond donors (Lipinski definition) is 3. The predicted molar refractivity (Wildman–Crippen MR) is 99.1 cm³/mol. The first kappa shape index (κ1) is 18.2. The molecule has 0 saturated heterocycles. The molecule has 1 aliphatic heterocycles. The second-order valence-corrected chi connectivity index (χ2v) is 5.88. The number of nitrogens with one attached hydrogen (secondary N) is 3. The standard InChI is InChI=1S/C19H19N3O5/c1-26-11-7-8-14(16(9-11)27-2)20-17(23)10-15-19(25)21-13-6-4-3-5-12(13)18(24)22-15/h3-9,15H,10H2,1-2H3,(H,20,23)(H,21,25)(H,22,24)/t15-/m0/s1. The molecule has 3 amide bonds. The van der Waals surface area contributed by atoms with Gasteiger partial charge in [0.05, 0.1) is 37.6 Å². The van der Waals surface area contributed by atoms with Gasteiger partial charge in [0.15, 0.2) is 0 Å². The van der Waals surface area contributed by atoms with Gasteiger partial charge < -0.3 is 25.4 Å². The van der Waals surface area contributed by atoms with Gasteiger partial charge in [-0.05, 0) is 24.3 Å². The maximum atomic E-state index is 12.4. The molecule has 0 radical (unpaired) electrons. The first-order valence-corrected chi connectivity index (χ1v) is 8.24. The molecule has 1 aliphatic rings. The molecule has 1 heterocycles. The third kappa shape index (κ3) is 4.00. The van der Waals surface area contributed by atoms with E-state index >= 15 is 0 Å². The Bertz CT molecular complexity index is 897. The normalized spacial score (nSPS) is 15.7. The minimum Gasteiger partial charge on any atom is -0.497 e. The molecule has 0 bridgehead atoms. The number of para-hydroxylation sites is 1. The van der Waals surface area contributed by atoms with Crippen molar-refractivity contribution in [1.29, 1.82) is 0 Å². The van der Waals surface area contributed by atoms with Crippen molar-refractivity contribution in [3.8, 4) is 11.5 Å². The summed E-state index contributed by atoms with van der Waals surface area (Å²) in [7, 11) is 3.00. The van der Waals surface area contributed by atoms with Crippen molar-refractivity contribution in [2.75, 3.05) is 24.9 Å². The van der Waals surface area contributed by atoms with Crippen LogP contribution in [0.3, 0.4) is 0 Å². The largest absolute Gasteiger partial charge is 0.497 e. The van der Waals surface area contributed by atoms with Crippen LogP contribution < -0.4 is 25.4 Å². The molecule has 2 aromatic rings. The Morgan fingerprint density at radius 1 is 1.11 bits per heavy atom. The van der Waals surface area contributed by atoms with Crippen LogP contribution in [0, 0.1) is 0 Å². The van der Waals surface area contributed by atoms with Gasteiger partial charge in [0.25, 0.3) is 5.91 Å². The first-order valence-electron chi connectivity index (χ1n) is 8.24. The molecule has 140 valence electrons. The summed E-state index contributed by atoms with van der Waals surface area (Å²) in [6.45, 7) is 0. The van der Waals surface area contributed by atoms with Crippen molar-refractivity contribution >= 4 is 29.1 Å². The van der Waals surface area contributed by atoms with E-state index in [0.717, 1.165) is 0 Å². The molecule has 0 aromatic heterocycles. The molecular weight excluding hydrogens is 350 g/mol. The van der Waals surface area contributed by atoms with E-state index in [4.69, 9.17) is 9.47 Å². The average Bonchev–Trinajstić information content (AvgIpc) is 2.78. The van der Waals surface area contributed by atoms with Crippen LogP contribution in [-0.2, 0) is 9.59 Å². The Labute approximate surface area is 155 Å². The van der Waals surface area contributed by atoms with E-state index in [9.17, 15) is 14.4 Å². The van der Waals surface area contributed by atoms with E-state index in [2.05, 4.69) is 16.0 Å². The van der Waals surface area contributed by atoms with E-state index in [1.807, 2.05) is 0 Å². The van der Waals surface area contributed by atoms with E-state index < -0.39 is 23.8 Å². The topological polar surface area (TPSA) is 106 Å². The van der Waals surface area contributed by atoms with E-state index in [1.165, 1.54) is 14.2 Å². The van der Waals surface area contributed by atoms with Crippen molar-refractivity contribution in [3.05, 3.63) is 48.0 Å². The van der Waals surface area contributed by atoms with Gasteiger partial charge in [-0.3, -0.25) is 14.4 Å². The van der Waals surface area contributed by atoms with Crippen molar-refractivity contribution in [2.45, 2.75) is 12.5 Å². The summed E-state index contributed by atoms with van der Waals surface area (Å²) >= 11 is 0. The SMILES string of the molecule is COc1ccc(NC(=O)C[C@@H]2NC(=O)c3ccccc3NC2=O)c(OC)c1. The minimum absolute atomic E-state index is 0.221. The van der Waals surface area contributed by atoms with Crippen molar-refractivity contribution in [1.82, 2.24) is 5.32 Å². The fourth-order valence-electron chi connectivity index (χ4n) is 2.74. The minimum atomic E-state index is -0.992. The average molecular weight is 369 g/mol. The summed E-state index contributed by atoms with van der Waals surface area (Å²) in [5.74, 6) is -0.304. The highest BCUT2D eigenvalue weighted by molar-refractivity contribution is 6.11. The van der Waals surface area contributed by atoms with Crippen LogP contribution in [0.2, 0.25) is 0 Å². The summed E-state index contributed by atoms with van der Waals surface area (Å²) in [5.41, 5.74) is 1.21. The molecule has 0 unspecified atom stereocenters. The Hall–Kier alpha value is -3.55. The molecule has 8 heteroatoms. The second-order valence-electron chi connectivity index (χ2n) is 5.88. The number of fused-ring (bicyclic) bond motifs is 1. The van der Waals surface area contributed by atoms with Gasteiger partial charge in [0.1, 0.15) is 17.5 Å². The summed E-state index contributed by atoms with van der Waals surface area (Å²) in [4.78, 5) is 37.1. The predicted octanol–water partition coefficient (Wildman–Crippen LogP) is 1.78. The number of rotatable bonds is 5. The molecule has 0 saturated carbocycles. The van der Waals surface area contributed by atoms with Crippen LogP contribution in [0.5, 0.6) is 11.5 Å². The molecule has 0 spiro atoms. The monoisotopic (exact) mass is 369 g/mol. The maximum Gasteiger partial charge on any atom is 0.254 e. The number of benzene rings is 2. The number of methoxy groups -OCH3 is 2. The molecular formula is C19H19N3O5. The summed E-state index contributed by atoms with van der Waals surface area (Å²) in [6, 6.07) is 10.6.